The zero-order valence-corrected chi connectivity index (χ0v) is 22.1. The summed E-state index contributed by atoms with van der Waals surface area (Å²) in [5, 5.41) is 0. The first-order valence-corrected chi connectivity index (χ1v) is 12.7. The second kappa shape index (κ2) is 13.0. The van der Waals surface area contributed by atoms with Gasteiger partial charge >= 0.3 is 0 Å². The average Bonchev–Trinajstić information content (AvgIpc) is 3.57. The van der Waals surface area contributed by atoms with Crippen molar-refractivity contribution in [1.82, 2.24) is 9.80 Å². The quantitative estimate of drug-likeness (QED) is 0.307. The van der Waals surface area contributed by atoms with Gasteiger partial charge in [-0.1, -0.05) is 6.07 Å². The number of fused-ring (bicyclic) bond motifs is 1. The molecule has 2 amide bonds. The molecular weight excluding hydrogens is 488 g/mol. The maximum atomic E-state index is 13.7. The maximum absolute atomic E-state index is 13.7. The minimum Gasteiger partial charge on any atom is -0.497 e. The number of nitrogens with zero attached hydrogens (tertiary/aromatic N) is 2. The van der Waals surface area contributed by atoms with Crippen molar-refractivity contribution in [2.45, 2.75) is 33.4 Å². The summed E-state index contributed by atoms with van der Waals surface area (Å²) in [4.78, 5) is 30.4. The number of amides is 2. The highest BCUT2D eigenvalue weighted by atomic mass is 16.7. The lowest BCUT2D eigenvalue weighted by Crippen LogP contribution is -2.43. The minimum atomic E-state index is -0.227. The lowest BCUT2D eigenvalue weighted by molar-refractivity contribution is -0.133. The van der Waals surface area contributed by atoms with Crippen molar-refractivity contribution in [3.8, 4) is 17.2 Å². The van der Waals surface area contributed by atoms with Gasteiger partial charge in [-0.3, -0.25) is 9.59 Å². The number of carbonyl (C=O) groups excluding carboxylic acids is 2. The second-order valence-electron chi connectivity index (χ2n) is 8.96. The summed E-state index contributed by atoms with van der Waals surface area (Å²) in [5.74, 6) is 2.99. The zero-order valence-electron chi connectivity index (χ0n) is 22.1. The van der Waals surface area contributed by atoms with E-state index in [1.54, 1.807) is 41.2 Å². The summed E-state index contributed by atoms with van der Waals surface area (Å²) in [7, 11) is 1.57. The van der Waals surface area contributed by atoms with Crippen LogP contribution in [0.2, 0.25) is 0 Å². The molecule has 38 heavy (non-hydrogen) atoms. The van der Waals surface area contributed by atoms with Crippen LogP contribution >= 0.6 is 0 Å². The number of carbonyl (C=O) groups is 2. The standard InChI is InChI=1S/C29H34N2O7/c1-4-35-15-5-14-30(29(33)23-8-11-24(34-3)12-9-23)19-28(32)31(18-25-10-6-21(2)38-25)17-22-7-13-26-27(16-22)37-20-36-26/h6-13,16H,4-5,14-15,17-20H2,1-3H3. The summed E-state index contributed by atoms with van der Waals surface area (Å²) in [6, 6.07) is 16.2. The molecule has 9 nitrogen and oxygen atoms in total. The number of furan rings is 1. The Morgan fingerprint density at radius 2 is 1.74 bits per heavy atom. The van der Waals surface area contributed by atoms with Gasteiger partial charge in [-0.05, 0) is 74.4 Å². The molecule has 0 spiro atoms. The van der Waals surface area contributed by atoms with Crippen LogP contribution in [0, 0.1) is 6.92 Å². The van der Waals surface area contributed by atoms with Crippen molar-refractivity contribution in [2.75, 3.05) is 40.2 Å². The molecule has 3 aromatic rings. The van der Waals surface area contributed by atoms with E-state index in [0.29, 0.717) is 61.3 Å². The molecule has 1 aliphatic rings. The molecule has 0 saturated carbocycles. The lowest BCUT2D eigenvalue weighted by Gasteiger charge is -2.27. The highest BCUT2D eigenvalue weighted by Crippen LogP contribution is 2.33. The molecule has 0 atom stereocenters. The van der Waals surface area contributed by atoms with Crippen molar-refractivity contribution < 1.29 is 33.0 Å². The Morgan fingerprint density at radius 1 is 0.947 bits per heavy atom. The van der Waals surface area contributed by atoms with Gasteiger partial charge in [0, 0.05) is 31.9 Å². The summed E-state index contributed by atoms with van der Waals surface area (Å²) in [6.07, 6.45) is 0.614. The zero-order chi connectivity index (χ0) is 26.9. The third-order valence-electron chi connectivity index (χ3n) is 6.18. The molecule has 0 saturated heterocycles. The summed E-state index contributed by atoms with van der Waals surface area (Å²) in [5.41, 5.74) is 1.37. The molecular formula is C29H34N2O7. The first-order chi connectivity index (χ1) is 18.5. The smallest absolute Gasteiger partial charge is 0.254 e. The van der Waals surface area contributed by atoms with E-state index < -0.39 is 0 Å². The van der Waals surface area contributed by atoms with Crippen LogP contribution in [0.3, 0.4) is 0 Å². The Balaban J connectivity index is 1.53. The predicted molar refractivity (Wildman–Crippen MR) is 140 cm³/mol. The Morgan fingerprint density at radius 3 is 2.45 bits per heavy atom. The van der Waals surface area contributed by atoms with Crippen LogP contribution < -0.4 is 14.2 Å². The molecule has 9 heteroatoms. The normalized spacial score (nSPS) is 11.9. The molecule has 2 aromatic carbocycles. The van der Waals surface area contributed by atoms with Crippen LogP contribution in [-0.4, -0.2) is 61.8 Å². The first kappa shape index (κ1) is 27.1. The van der Waals surface area contributed by atoms with E-state index >= 15 is 0 Å². The van der Waals surface area contributed by atoms with Gasteiger partial charge in [-0.25, -0.2) is 0 Å². The van der Waals surface area contributed by atoms with E-state index in [1.807, 2.05) is 44.2 Å². The average molecular weight is 523 g/mol. The van der Waals surface area contributed by atoms with Crippen molar-refractivity contribution in [3.63, 3.8) is 0 Å². The molecule has 0 aliphatic carbocycles. The summed E-state index contributed by atoms with van der Waals surface area (Å²) < 4.78 is 27.4. The summed E-state index contributed by atoms with van der Waals surface area (Å²) in [6.45, 7) is 5.95. The van der Waals surface area contributed by atoms with Gasteiger partial charge in [-0.15, -0.1) is 0 Å². The van der Waals surface area contributed by atoms with Gasteiger partial charge in [0.1, 0.15) is 23.8 Å². The van der Waals surface area contributed by atoms with E-state index in [-0.39, 0.29) is 31.7 Å². The van der Waals surface area contributed by atoms with Crippen LogP contribution in [0.4, 0.5) is 0 Å². The molecule has 4 rings (SSSR count). The SMILES string of the molecule is CCOCCCN(CC(=O)N(Cc1ccc2c(c1)OCO2)Cc1ccc(C)o1)C(=O)c1ccc(OC)cc1. The van der Waals surface area contributed by atoms with E-state index in [1.165, 1.54) is 0 Å². The van der Waals surface area contributed by atoms with Crippen LogP contribution in [0.15, 0.2) is 59.0 Å². The van der Waals surface area contributed by atoms with Gasteiger partial charge in [0.2, 0.25) is 12.7 Å². The molecule has 1 aromatic heterocycles. The van der Waals surface area contributed by atoms with Gasteiger partial charge < -0.3 is 33.2 Å². The number of ether oxygens (including phenoxy) is 4. The predicted octanol–water partition coefficient (Wildman–Crippen LogP) is 4.42. The molecule has 202 valence electrons. The van der Waals surface area contributed by atoms with Crippen LogP contribution in [-0.2, 0) is 22.6 Å². The highest BCUT2D eigenvalue weighted by molar-refractivity contribution is 5.96. The second-order valence-corrected chi connectivity index (χ2v) is 8.96. The Hall–Kier alpha value is -3.98. The van der Waals surface area contributed by atoms with Crippen molar-refractivity contribution in [2.24, 2.45) is 0 Å². The topological polar surface area (TPSA) is 90.7 Å². The van der Waals surface area contributed by atoms with E-state index in [9.17, 15) is 9.59 Å². The fourth-order valence-corrected chi connectivity index (χ4v) is 4.18. The van der Waals surface area contributed by atoms with Crippen molar-refractivity contribution >= 4 is 11.8 Å². The fourth-order valence-electron chi connectivity index (χ4n) is 4.18. The Bertz CT molecular complexity index is 1220. The Kier molecular flexibility index (Phi) is 9.26. The van der Waals surface area contributed by atoms with Crippen molar-refractivity contribution in [1.29, 1.82) is 0 Å². The third kappa shape index (κ3) is 7.07. The minimum absolute atomic E-state index is 0.0821. The molecule has 0 radical (unpaired) electrons. The lowest BCUT2D eigenvalue weighted by atomic mass is 10.1. The molecule has 0 bridgehead atoms. The number of aryl methyl sites for hydroxylation is 1. The fraction of sp³-hybridized carbons (Fsp3) is 0.379. The highest BCUT2D eigenvalue weighted by Gasteiger charge is 2.24. The van der Waals surface area contributed by atoms with Crippen LogP contribution in [0.1, 0.15) is 40.8 Å². The van der Waals surface area contributed by atoms with Crippen molar-refractivity contribution in [3.05, 3.63) is 77.2 Å². The molecule has 0 N–H and O–H groups in total. The maximum Gasteiger partial charge on any atom is 0.254 e. The summed E-state index contributed by atoms with van der Waals surface area (Å²) >= 11 is 0. The third-order valence-corrected chi connectivity index (χ3v) is 6.18. The van der Waals surface area contributed by atoms with Gasteiger partial charge in [0.25, 0.3) is 5.91 Å². The van der Waals surface area contributed by atoms with Gasteiger partial charge in [0.05, 0.1) is 13.7 Å². The molecule has 0 fully saturated rings. The van der Waals surface area contributed by atoms with Crippen LogP contribution in [0.25, 0.3) is 0 Å². The number of rotatable bonds is 13. The number of hydrogen-bond acceptors (Lipinski definition) is 7. The van der Waals surface area contributed by atoms with Crippen LogP contribution in [0.5, 0.6) is 17.2 Å². The first-order valence-electron chi connectivity index (χ1n) is 12.7. The van der Waals surface area contributed by atoms with E-state index in [0.717, 1.165) is 11.3 Å². The molecule has 1 aliphatic heterocycles. The molecule has 2 heterocycles. The molecule has 0 unspecified atom stereocenters. The van der Waals surface area contributed by atoms with E-state index in [2.05, 4.69) is 0 Å². The number of methoxy groups -OCH3 is 1. The van der Waals surface area contributed by atoms with Gasteiger partial charge in [-0.2, -0.15) is 0 Å². The monoisotopic (exact) mass is 522 g/mol. The number of hydrogen-bond donors (Lipinski definition) is 0. The van der Waals surface area contributed by atoms with Gasteiger partial charge in [0.15, 0.2) is 11.5 Å². The Labute approximate surface area is 222 Å². The van der Waals surface area contributed by atoms with E-state index in [4.69, 9.17) is 23.4 Å². The number of benzene rings is 2. The largest absolute Gasteiger partial charge is 0.497 e.